The number of halogens is 1. The van der Waals surface area contributed by atoms with Crippen LogP contribution in [0.3, 0.4) is 0 Å². The molecule has 0 bridgehead atoms. The first-order valence-corrected chi connectivity index (χ1v) is 9.99. The summed E-state index contributed by atoms with van der Waals surface area (Å²) in [5.74, 6) is 0.152. The van der Waals surface area contributed by atoms with Crippen molar-refractivity contribution >= 4 is 28.3 Å². The topological polar surface area (TPSA) is 78.5 Å². The Morgan fingerprint density at radius 3 is 2.36 bits per heavy atom. The van der Waals surface area contributed by atoms with Gasteiger partial charge in [0.1, 0.15) is 0 Å². The van der Waals surface area contributed by atoms with Crippen molar-refractivity contribution < 1.29 is 13.2 Å². The van der Waals surface area contributed by atoms with Gasteiger partial charge in [-0.25, -0.2) is 8.42 Å². The van der Waals surface area contributed by atoms with Gasteiger partial charge in [-0.2, -0.15) is 4.31 Å². The predicted octanol–water partition coefficient (Wildman–Crippen LogP) is 1.30. The molecule has 8 heteroatoms. The largest absolute Gasteiger partial charge is 0.353 e. The Kier molecular flexibility index (Phi) is 6.85. The van der Waals surface area contributed by atoms with Crippen molar-refractivity contribution in [2.45, 2.75) is 37.1 Å². The van der Waals surface area contributed by atoms with Crippen molar-refractivity contribution in [2.24, 2.45) is 5.92 Å². The van der Waals surface area contributed by atoms with Crippen LogP contribution in [0.15, 0.2) is 29.2 Å². The molecular formula is C17H26ClN3O3S. The van der Waals surface area contributed by atoms with Crippen LogP contribution in [0.2, 0.25) is 0 Å². The number of hydrogen-bond donors (Lipinski definition) is 2. The van der Waals surface area contributed by atoms with E-state index in [1.165, 1.54) is 4.31 Å². The summed E-state index contributed by atoms with van der Waals surface area (Å²) < 4.78 is 26.9. The standard InChI is InChI=1S/C17H25N3O3S.ClH/c1-13-2-4-16(5-3-13)24(22,23)20-10-7-15(8-11-20)19-17(21)14-6-9-18-12-14;/h2-5,14-15,18H,6-12H2,1H3,(H,19,21);1H. The van der Waals surface area contributed by atoms with Crippen LogP contribution in [0.4, 0.5) is 0 Å². The number of sulfonamides is 1. The lowest BCUT2D eigenvalue weighted by atomic mass is 10.0. The molecule has 25 heavy (non-hydrogen) atoms. The average molecular weight is 388 g/mol. The van der Waals surface area contributed by atoms with Crippen molar-refractivity contribution in [2.75, 3.05) is 26.2 Å². The summed E-state index contributed by atoms with van der Waals surface area (Å²) in [6.45, 7) is 4.47. The van der Waals surface area contributed by atoms with E-state index < -0.39 is 10.0 Å². The molecule has 6 nitrogen and oxygen atoms in total. The normalized spacial score (nSPS) is 22.4. The Labute approximate surface area is 155 Å². The SMILES string of the molecule is Cc1ccc(S(=O)(=O)N2CCC(NC(=O)C3CCNC3)CC2)cc1.Cl. The van der Waals surface area contributed by atoms with Crippen LogP contribution in [0.1, 0.15) is 24.8 Å². The van der Waals surface area contributed by atoms with E-state index in [1.54, 1.807) is 12.1 Å². The van der Waals surface area contributed by atoms with Gasteiger partial charge in [0.25, 0.3) is 0 Å². The first kappa shape index (κ1) is 20.2. The van der Waals surface area contributed by atoms with Gasteiger partial charge < -0.3 is 10.6 Å². The number of piperidine rings is 1. The number of rotatable bonds is 4. The molecule has 0 aliphatic carbocycles. The van der Waals surface area contributed by atoms with Gasteiger partial charge in [0.15, 0.2) is 0 Å². The summed E-state index contributed by atoms with van der Waals surface area (Å²) in [7, 11) is -3.44. The third kappa shape index (κ3) is 4.73. The molecule has 1 atom stereocenters. The summed E-state index contributed by atoms with van der Waals surface area (Å²) in [5.41, 5.74) is 1.04. The lowest BCUT2D eigenvalue weighted by Crippen LogP contribution is -2.48. The van der Waals surface area contributed by atoms with Gasteiger partial charge in [-0.3, -0.25) is 4.79 Å². The molecule has 2 aliphatic heterocycles. The zero-order chi connectivity index (χ0) is 17.2. The van der Waals surface area contributed by atoms with E-state index in [1.807, 2.05) is 19.1 Å². The third-order valence-electron chi connectivity index (χ3n) is 4.89. The minimum atomic E-state index is -3.44. The molecule has 0 aromatic heterocycles. The van der Waals surface area contributed by atoms with Gasteiger partial charge in [-0.1, -0.05) is 17.7 Å². The molecule has 0 spiro atoms. The maximum Gasteiger partial charge on any atom is 0.243 e. The summed E-state index contributed by atoms with van der Waals surface area (Å²) in [6, 6.07) is 7.02. The Morgan fingerprint density at radius 1 is 1.16 bits per heavy atom. The summed E-state index contributed by atoms with van der Waals surface area (Å²) in [4.78, 5) is 12.5. The molecule has 2 fully saturated rings. The molecule has 1 unspecified atom stereocenters. The molecule has 140 valence electrons. The van der Waals surface area contributed by atoms with Crippen LogP contribution < -0.4 is 10.6 Å². The van der Waals surface area contributed by atoms with Crippen LogP contribution in [0.5, 0.6) is 0 Å². The number of carbonyl (C=O) groups excluding carboxylic acids is 1. The lowest BCUT2D eigenvalue weighted by Gasteiger charge is -2.32. The molecule has 0 saturated carbocycles. The maximum atomic E-state index is 12.7. The number of nitrogens with one attached hydrogen (secondary N) is 2. The molecule has 3 rings (SSSR count). The van der Waals surface area contributed by atoms with Crippen molar-refractivity contribution in [3.05, 3.63) is 29.8 Å². The van der Waals surface area contributed by atoms with Gasteiger partial charge in [-0.15, -0.1) is 12.4 Å². The second-order valence-corrected chi connectivity index (χ2v) is 8.63. The van der Waals surface area contributed by atoms with Gasteiger partial charge in [-0.05, 0) is 44.9 Å². The maximum absolute atomic E-state index is 12.7. The number of benzene rings is 1. The predicted molar refractivity (Wildman–Crippen MR) is 99.3 cm³/mol. The molecule has 2 N–H and O–H groups in total. The number of hydrogen-bond acceptors (Lipinski definition) is 4. The Bertz CT molecular complexity index is 680. The van der Waals surface area contributed by atoms with Crippen LogP contribution in [-0.2, 0) is 14.8 Å². The van der Waals surface area contributed by atoms with E-state index in [9.17, 15) is 13.2 Å². The third-order valence-corrected chi connectivity index (χ3v) is 6.80. The van der Waals surface area contributed by atoms with Crippen molar-refractivity contribution in [3.8, 4) is 0 Å². The average Bonchev–Trinajstić information content (AvgIpc) is 3.10. The van der Waals surface area contributed by atoms with E-state index in [0.717, 1.165) is 25.1 Å². The van der Waals surface area contributed by atoms with Crippen molar-refractivity contribution in [3.63, 3.8) is 0 Å². The highest BCUT2D eigenvalue weighted by Gasteiger charge is 2.31. The van der Waals surface area contributed by atoms with E-state index in [2.05, 4.69) is 10.6 Å². The van der Waals surface area contributed by atoms with Crippen LogP contribution in [0, 0.1) is 12.8 Å². The number of carbonyl (C=O) groups is 1. The van der Waals surface area contributed by atoms with E-state index in [4.69, 9.17) is 0 Å². The van der Waals surface area contributed by atoms with E-state index in [0.29, 0.717) is 30.8 Å². The monoisotopic (exact) mass is 387 g/mol. The van der Waals surface area contributed by atoms with Crippen molar-refractivity contribution in [1.82, 2.24) is 14.9 Å². The van der Waals surface area contributed by atoms with Gasteiger partial charge in [0.2, 0.25) is 15.9 Å². The van der Waals surface area contributed by atoms with Crippen LogP contribution in [-0.4, -0.2) is 50.9 Å². The van der Waals surface area contributed by atoms with Gasteiger partial charge in [0.05, 0.1) is 10.8 Å². The highest BCUT2D eigenvalue weighted by molar-refractivity contribution is 7.89. The minimum Gasteiger partial charge on any atom is -0.353 e. The highest BCUT2D eigenvalue weighted by Crippen LogP contribution is 2.21. The number of amides is 1. The molecule has 2 saturated heterocycles. The Hall–Kier alpha value is -1.15. The van der Waals surface area contributed by atoms with E-state index >= 15 is 0 Å². The fourth-order valence-corrected chi connectivity index (χ4v) is 4.77. The quantitative estimate of drug-likeness (QED) is 0.816. The second kappa shape index (κ2) is 8.49. The van der Waals surface area contributed by atoms with E-state index in [-0.39, 0.29) is 30.3 Å². The molecule has 1 amide bonds. The first-order valence-electron chi connectivity index (χ1n) is 8.55. The molecular weight excluding hydrogens is 362 g/mol. The van der Waals surface area contributed by atoms with Gasteiger partial charge >= 0.3 is 0 Å². The fourth-order valence-electron chi connectivity index (χ4n) is 3.30. The smallest absolute Gasteiger partial charge is 0.243 e. The molecule has 0 radical (unpaired) electrons. The minimum absolute atomic E-state index is 0. The first-order chi connectivity index (χ1) is 11.5. The number of nitrogens with zero attached hydrogens (tertiary/aromatic N) is 1. The van der Waals surface area contributed by atoms with Crippen LogP contribution in [0.25, 0.3) is 0 Å². The molecule has 1 aromatic rings. The van der Waals surface area contributed by atoms with Crippen molar-refractivity contribution in [1.29, 1.82) is 0 Å². The lowest BCUT2D eigenvalue weighted by molar-refractivity contribution is -0.125. The Morgan fingerprint density at radius 2 is 1.80 bits per heavy atom. The molecule has 1 aromatic carbocycles. The Balaban J connectivity index is 0.00000225. The molecule has 2 aliphatic rings. The summed E-state index contributed by atoms with van der Waals surface area (Å²) in [6.07, 6.45) is 2.21. The zero-order valence-corrected chi connectivity index (χ0v) is 16.0. The van der Waals surface area contributed by atoms with Gasteiger partial charge in [0, 0.05) is 25.7 Å². The molecule has 2 heterocycles. The summed E-state index contributed by atoms with van der Waals surface area (Å²) >= 11 is 0. The zero-order valence-electron chi connectivity index (χ0n) is 14.4. The summed E-state index contributed by atoms with van der Waals surface area (Å²) in [5, 5.41) is 6.27. The van der Waals surface area contributed by atoms with Crippen LogP contribution >= 0.6 is 12.4 Å². The highest BCUT2D eigenvalue weighted by atomic mass is 35.5. The number of aryl methyl sites for hydroxylation is 1. The fraction of sp³-hybridized carbons (Fsp3) is 0.588. The second-order valence-electron chi connectivity index (χ2n) is 6.69.